The Hall–Kier alpha value is -2.41. The van der Waals surface area contributed by atoms with Crippen molar-refractivity contribution in [2.45, 2.75) is 12.3 Å². The zero-order chi connectivity index (χ0) is 17.0. The molecule has 0 radical (unpaired) electrons. The molecule has 3 nitrogen and oxygen atoms in total. The highest BCUT2D eigenvalue weighted by atomic mass is 19.4. The van der Waals surface area contributed by atoms with E-state index in [-0.39, 0.29) is 11.1 Å². The molecule has 0 spiro atoms. The normalized spacial score (nSPS) is 12.7. The summed E-state index contributed by atoms with van der Waals surface area (Å²) in [5.41, 5.74) is -1.58. The van der Waals surface area contributed by atoms with E-state index in [9.17, 15) is 27.5 Å². The van der Waals surface area contributed by atoms with Gasteiger partial charge in [-0.2, -0.15) is 13.2 Å². The first-order chi connectivity index (χ1) is 10.8. The van der Waals surface area contributed by atoms with Gasteiger partial charge in [-0.05, 0) is 23.8 Å². The summed E-state index contributed by atoms with van der Waals surface area (Å²) in [6.45, 7) is -0.472. The molecule has 0 saturated heterocycles. The summed E-state index contributed by atoms with van der Waals surface area (Å²) in [7, 11) is 0. The third-order valence-electron chi connectivity index (χ3n) is 3.20. The lowest BCUT2D eigenvalue weighted by molar-refractivity contribution is -0.139. The number of amides is 1. The fraction of sp³-hybridized carbons (Fsp3) is 0.188. The molecule has 122 valence electrons. The number of rotatable bonds is 4. The van der Waals surface area contributed by atoms with Crippen LogP contribution in [0.15, 0.2) is 48.5 Å². The molecule has 0 bridgehead atoms. The van der Waals surface area contributed by atoms with E-state index in [2.05, 4.69) is 5.32 Å². The predicted molar refractivity (Wildman–Crippen MR) is 75.1 cm³/mol. The lowest BCUT2D eigenvalue weighted by Crippen LogP contribution is -2.29. The molecule has 2 rings (SSSR count). The summed E-state index contributed by atoms with van der Waals surface area (Å²) in [5.74, 6) is -1.57. The molecule has 1 amide bonds. The number of benzene rings is 2. The number of alkyl halides is 3. The summed E-state index contributed by atoms with van der Waals surface area (Å²) in [6.07, 6.45) is -6.18. The minimum atomic E-state index is -4.62. The van der Waals surface area contributed by atoms with Gasteiger partial charge in [0.05, 0.1) is 17.2 Å². The fourth-order valence-corrected chi connectivity index (χ4v) is 2.09. The Labute approximate surface area is 129 Å². The Kier molecular flexibility index (Phi) is 5.00. The molecule has 0 aliphatic heterocycles. The lowest BCUT2D eigenvalue weighted by Gasteiger charge is -2.18. The van der Waals surface area contributed by atoms with Crippen molar-refractivity contribution in [1.29, 1.82) is 0 Å². The average Bonchev–Trinajstić information content (AvgIpc) is 2.52. The van der Waals surface area contributed by atoms with E-state index in [1.54, 1.807) is 0 Å². The Morgan fingerprint density at radius 2 is 1.70 bits per heavy atom. The van der Waals surface area contributed by atoms with Crippen molar-refractivity contribution in [3.05, 3.63) is 71.0 Å². The van der Waals surface area contributed by atoms with E-state index in [1.165, 1.54) is 30.3 Å². The average molecular weight is 327 g/mol. The SMILES string of the molecule is O=C(NC[C@@H](O)c1ccccc1C(F)(F)F)c1ccccc1F. The van der Waals surface area contributed by atoms with Gasteiger partial charge in [-0.3, -0.25) is 4.79 Å². The first-order valence-corrected chi connectivity index (χ1v) is 6.67. The number of carbonyl (C=O) groups excluding carboxylic acids is 1. The highest BCUT2D eigenvalue weighted by Crippen LogP contribution is 2.34. The van der Waals surface area contributed by atoms with Crippen LogP contribution in [0, 0.1) is 5.82 Å². The Balaban J connectivity index is 2.11. The van der Waals surface area contributed by atoms with Gasteiger partial charge >= 0.3 is 6.18 Å². The van der Waals surface area contributed by atoms with Crippen molar-refractivity contribution in [1.82, 2.24) is 5.32 Å². The van der Waals surface area contributed by atoms with Gasteiger partial charge in [0.15, 0.2) is 0 Å². The highest BCUT2D eigenvalue weighted by Gasteiger charge is 2.34. The van der Waals surface area contributed by atoms with E-state index < -0.39 is 36.1 Å². The number of nitrogens with one attached hydrogen (secondary N) is 1. The second-order valence-electron chi connectivity index (χ2n) is 4.79. The van der Waals surface area contributed by atoms with Crippen LogP contribution in [0.1, 0.15) is 27.6 Å². The van der Waals surface area contributed by atoms with Gasteiger partial charge in [0.1, 0.15) is 5.82 Å². The van der Waals surface area contributed by atoms with Crippen LogP contribution < -0.4 is 5.32 Å². The maximum Gasteiger partial charge on any atom is 0.416 e. The van der Waals surface area contributed by atoms with Crippen LogP contribution in [0.5, 0.6) is 0 Å². The summed E-state index contributed by atoms with van der Waals surface area (Å²) in [5, 5.41) is 12.1. The second kappa shape index (κ2) is 6.78. The topological polar surface area (TPSA) is 49.3 Å². The molecular weight excluding hydrogens is 314 g/mol. The minimum absolute atomic E-state index is 0.246. The second-order valence-corrected chi connectivity index (χ2v) is 4.79. The van der Waals surface area contributed by atoms with Crippen LogP contribution in [0.25, 0.3) is 0 Å². The maximum atomic E-state index is 13.4. The van der Waals surface area contributed by atoms with Crippen LogP contribution >= 0.6 is 0 Å². The molecule has 23 heavy (non-hydrogen) atoms. The zero-order valence-electron chi connectivity index (χ0n) is 11.8. The smallest absolute Gasteiger partial charge is 0.387 e. The molecule has 0 saturated carbocycles. The van der Waals surface area contributed by atoms with Crippen molar-refractivity contribution < 1.29 is 27.5 Å². The van der Waals surface area contributed by atoms with Gasteiger partial charge in [0.25, 0.3) is 5.91 Å². The minimum Gasteiger partial charge on any atom is -0.387 e. The molecule has 0 heterocycles. The largest absolute Gasteiger partial charge is 0.416 e. The summed E-state index contributed by atoms with van der Waals surface area (Å²) >= 11 is 0. The molecule has 0 unspecified atom stereocenters. The molecule has 0 aliphatic rings. The number of aliphatic hydroxyl groups is 1. The van der Waals surface area contributed by atoms with Crippen molar-refractivity contribution in [3.8, 4) is 0 Å². The van der Waals surface area contributed by atoms with E-state index in [1.807, 2.05) is 0 Å². The fourth-order valence-electron chi connectivity index (χ4n) is 2.09. The van der Waals surface area contributed by atoms with Gasteiger partial charge in [-0.25, -0.2) is 4.39 Å². The molecule has 2 N–H and O–H groups in total. The summed E-state index contributed by atoms with van der Waals surface area (Å²) in [6, 6.07) is 9.71. The zero-order valence-corrected chi connectivity index (χ0v) is 11.8. The standard InChI is InChI=1S/C16H13F4NO2/c17-13-8-4-2-6-11(13)15(23)21-9-14(22)10-5-1-3-7-12(10)16(18,19)20/h1-8,14,22H,9H2,(H,21,23)/t14-/m1/s1. The molecule has 2 aromatic carbocycles. The number of hydrogen-bond donors (Lipinski definition) is 2. The number of carbonyl (C=O) groups is 1. The predicted octanol–water partition coefficient (Wildman–Crippen LogP) is 3.31. The Morgan fingerprint density at radius 1 is 1.09 bits per heavy atom. The maximum absolute atomic E-state index is 13.4. The molecule has 2 aromatic rings. The first-order valence-electron chi connectivity index (χ1n) is 6.67. The Bertz CT molecular complexity index is 700. The molecular formula is C16H13F4NO2. The van der Waals surface area contributed by atoms with Gasteiger partial charge in [-0.15, -0.1) is 0 Å². The lowest BCUT2D eigenvalue weighted by atomic mass is 10.0. The summed E-state index contributed by atoms with van der Waals surface area (Å²) < 4.78 is 52.1. The molecule has 0 aliphatic carbocycles. The van der Waals surface area contributed by atoms with Crippen molar-refractivity contribution in [3.63, 3.8) is 0 Å². The molecule has 1 atom stereocenters. The third-order valence-corrected chi connectivity index (χ3v) is 3.20. The monoisotopic (exact) mass is 327 g/mol. The van der Waals surface area contributed by atoms with E-state index in [0.29, 0.717) is 0 Å². The third kappa shape index (κ3) is 4.07. The van der Waals surface area contributed by atoms with Crippen molar-refractivity contribution in [2.75, 3.05) is 6.54 Å². The van der Waals surface area contributed by atoms with Gasteiger partial charge < -0.3 is 10.4 Å². The van der Waals surface area contributed by atoms with Crippen LogP contribution in [-0.2, 0) is 6.18 Å². The molecule has 0 fully saturated rings. The van der Waals surface area contributed by atoms with E-state index in [4.69, 9.17) is 0 Å². The summed E-state index contributed by atoms with van der Waals surface area (Å²) in [4.78, 5) is 11.8. The highest BCUT2D eigenvalue weighted by molar-refractivity contribution is 5.94. The molecule has 0 aromatic heterocycles. The van der Waals surface area contributed by atoms with Crippen LogP contribution in [0.4, 0.5) is 17.6 Å². The van der Waals surface area contributed by atoms with Crippen LogP contribution in [-0.4, -0.2) is 17.6 Å². The number of hydrogen-bond acceptors (Lipinski definition) is 2. The van der Waals surface area contributed by atoms with Crippen LogP contribution in [0.2, 0.25) is 0 Å². The van der Waals surface area contributed by atoms with Gasteiger partial charge in [0, 0.05) is 6.54 Å². The van der Waals surface area contributed by atoms with E-state index >= 15 is 0 Å². The van der Waals surface area contributed by atoms with Gasteiger partial charge in [-0.1, -0.05) is 30.3 Å². The van der Waals surface area contributed by atoms with Crippen molar-refractivity contribution >= 4 is 5.91 Å². The quantitative estimate of drug-likeness (QED) is 0.847. The Morgan fingerprint density at radius 3 is 2.35 bits per heavy atom. The van der Waals surface area contributed by atoms with Crippen molar-refractivity contribution in [2.24, 2.45) is 0 Å². The van der Waals surface area contributed by atoms with E-state index in [0.717, 1.165) is 18.2 Å². The first kappa shape index (κ1) is 17.0. The van der Waals surface area contributed by atoms with Gasteiger partial charge in [0.2, 0.25) is 0 Å². The molecule has 7 heteroatoms. The number of aliphatic hydroxyl groups excluding tert-OH is 1. The van der Waals surface area contributed by atoms with Crippen LogP contribution in [0.3, 0.4) is 0 Å². The number of halogens is 4.